The van der Waals surface area contributed by atoms with E-state index in [9.17, 15) is 5.11 Å². The largest absolute Gasteiger partial charge is 0.396 e. The van der Waals surface area contributed by atoms with Gasteiger partial charge in [-0.1, -0.05) is 30.3 Å². The van der Waals surface area contributed by atoms with Crippen LogP contribution in [0.4, 0.5) is 11.5 Å². The first-order valence-corrected chi connectivity index (χ1v) is 5.45. The summed E-state index contributed by atoms with van der Waals surface area (Å²) in [6.45, 7) is 0.380. The van der Waals surface area contributed by atoms with Crippen LogP contribution in [0.5, 0.6) is 0 Å². The van der Waals surface area contributed by atoms with Gasteiger partial charge in [-0.25, -0.2) is 4.98 Å². The molecule has 0 aliphatic carbocycles. The molecule has 0 saturated carbocycles. The molecule has 17 heavy (non-hydrogen) atoms. The van der Waals surface area contributed by atoms with Gasteiger partial charge in [0.15, 0.2) is 0 Å². The van der Waals surface area contributed by atoms with Crippen molar-refractivity contribution >= 4 is 11.5 Å². The van der Waals surface area contributed by atoms with Crippen molar-refractivity contribution < 1.29 is 5.11 Å². The van der Waals surface area contributed by atoms with E-state index in [0.29, 0.717) is 18.1 Å². The topological polar surface area (TPSA) is 71.2 Å². The van der Waals surface area contributed by atoms with Crippen LogP contribution in [0.2, 0.25) is 0 Å². The van der Waals surface area contributed by atoms with Gasteiger partial charge in [0.2, 0.25) is 0 Å². The lowest BCUT2D eigenvalue weighted by Crippen LogP contribution is -2.13. The number of nitrogen functional groups attached to an aromatic ring is 1. The maximum absolute atomic E-state index is 9.94. The predicted octanol–water partition coefficient (Wildman–Crippen LogP) is 1.81. The molecule has 1 aromatic heterocycles. The van der Waals surface area contributed by atoms with E-state index >= 15 is 0 Å². The molecule has 0 bridgehead atoms. The van der Waals surface area contributed by atoms with Crippen LogP contribution in [0, 0.1) is 0 Å². The predicted molar refractivity (Wildman–Crippen MR) is 68.5 cm³/mol. The van der Waals surface area contributed by atoms with Crippen molar-refractivity contribution in [2.24, 2.45) is 0 Å². The molecule has 1 aromatic carbocycles. The molecular weight excluding hydrogens is 214 g/mol. The van der Waals surface area contributed by atoms with Gasteiger partial charge in [-0.3, -0.25) is 0 Å². The third-order valence-electron chi connectivity index (χ3n) is 2.49. The number of nitrogens with one attached hydrogen (secondary N) is 1. The minimum Gasteiger partial charge on any atom is -0.396 e. The molecule has 1 atom stereocenters. The highest BCUT2D eigenvalue weighted by molar-refractivity contribution is 5.60. The monoisotopic (exact) mass is 229 g/mol. The minimum atomic E-state index is -0.572. The van der Waals surface area contributed by atoms with Gasteiger partial charge in [-0.05, 0) is 17.7 Å². The first-order valence-electron chi connectivity index (χ1n) is 5.45. The summed E-state index contributed by atoms with van der Waals surface area (Å²) in [5.74, 6) is 0.600. The van der Waals surface area contributed by atoms with E-state index in [1.54, 1.807) is 18.3 Å². The molecule has 2 rings (SSSR count). The van der Waals surface area contributed by atoms with Crippen LogP contribution in [0.25, 0.3) is 0 Å². The normalized spacial score (nSPS) is 12.1. The summed E-state index contributed by atoms with van der Waals surface area (Å²) >= 11 is 0. The maximum Gasteiger partial charge on any atom is 0.149 e. The molecule has 0 fully saturated rings. The number of nitrogens with two attached hydrogens (primary N) is 1. The van der Waals surface area contributed by atoms with Crippen LogP contribution in [-0.2, 0) is 0 Å². The molecule has 0 aliphatic rings. The number of hydrogen-bond donors (Lipinski definition) is 3. The number of benzene rings is 1. The number of hydrogen-bond acceptors (Lipinski definition) is 4. The van der Waals surface area contributed by atoms with E-state index in [2.05, 4.69) is 10.3 Å². The van der Waals surface area contributed by atoms with Crippen molar-refractivity contribution in [1.29, 1.82) is 0 Å². The molecule has 0 spiro atoms. The minimum absolute atomic E-state index is 0.380. The number of aromatic nitrogens is 1. The lowest BCUT2D eigenvalue weighted by atomic mass is 10.1. The molecule has 0 amide bonds. The fourth-order valence-electron chi connectivity index (χ4n) is 1.55. The van der Waals surface area contributed by atoms with Gasteiger partial charge in [0, 0.05) is 12.7 Å². The molecule has 0 aliphatic heterocycles. The Morgan fingerprint density at radius 1 is 1.18 bits per heavy atom. The Morgan fingerprint density at radius 2 is 1.94 bits per heavy atom. The van der Waals surface area contributed by atoms with Gasteiger partial charge < -0.3 is 16.2 Å². The van der Waals surface area contributed by atoms with Gasteiger partial charge >= 0.3 is 0 Å². The molecule has 1 unspecified atom stereocenters. The van der Waals surface area contributed by atoms with Gasteiger partial charge in [0.05, 0.1) is 11.8 Å². The second kappa shape index (κ2) is 5.32. The lowest BCUT2D eigenvalue weighted by Gasteiger charge is -2.13. The first kappa shape index (κ1) is 11.4. The highest BCUT2D eigenvalue weighted by Gasteiger charge is 2.07. The number of aliphatic hydroxyl groups excluding tert-OH is 1. The average molecular weight is 229 g/mol. The van der Waals surface area contributed by atoms with Gasteiger partial charge in [0.25, 0.3) is 0 Å². The molecule has 0 saturated heterocycles. The number of aliphatic hydroxyl groups is 1. The molecule has 4 heteroatoms. The number of rotatable bonds is 4. The average Bonchev–Trinajstić information content (AvgIpc) is 2.38. The fourth-order valence-corrected chi connectivity index (χ4v) is 1.55. The van der Waals surface area contributed by atoms with Crippen molar-refractivity contribution in [3.8, 4) is 0 Å². The summed E-state index contributed by atoms with van der Waals surface area (Å²) in [6, 6.07) is 13.0. The van der Waals surface area contributed by atoms with Crippen LogP contribution < -0.4 is 11.1 Å². The second-order valence-electron chi connectivity index (χ2n) is 3.75. The van der Waals surface area contributed by atoms with Gasteiger partial charge in [-0.15, -0.1) is 0 Å². The van der Waals surface area contributed by atoms with E-state index in [1.807, 2.05) is 30.3 Å². The van der Waals surface area contributed by atoms with Crippen LogP contribution in [0.1, 0.15) is 11.7 Å². The smallest absolute Gasteiger partial charge is 0.149 e. The Hall–Kier alpha value is -2.07. The van der Waals surface area contributed by atoms with Crippen molar-refractivity contribution in [3.63, 3.8) is 0 Å². The van der Waals surface area contributed by atoms with Crippen LogP contribution >= 0.6 is 0 Å². The second-order valence-corrected chi connectivity index (χ2v) is 3.75. The van der Waals surface area contributed by atoms with E-state index in [4.69, 9.17) is 5.73 Å². The van der Waals surface area contributed by atoms with E-state index in [0.717, 1.165) is 5.56 Å². The Labute approximate surface area is 100 Å². The summed E-state index contributed by atoms with van der Waals surface area (Å²) in [4.78, 5) is 4.10. The highest BCUT2D eigenvalue weighted by atomic mass is 16.3. The van der Waals surface area contributed by atoms with E-state index in [-0.39, 0.29) is 0 Å². The van der Waals surface area contributed by atoms with Gasteiger partial charge in [-0.2, -0.15) is 0 Å². The summed E-state index contributed by atoms with van der Waals surface area (Å²) in [7, 11) is 0. The summed E-state index contributed by atoms with van der Waals surface area (Å²) in [5.41, 5.74) is 7.19. The first-order chi connectivity index (χ1) is 8.27. The quantitative estimate of drug-likeness (QED) is 0.747. The molecule has 88 valence electrons. The van der Waals surface area contributed by atoms with Crippen LogP contribution in [0.15, 0.2) is 48.7 Å². The summed E-state index contributed by atoms with van der Waals surface area (Å²) < 4.78 is 0. The molecule has 4 N–H and O–H groups in total. The van der Waals surface area contributed by atoms with E-state index in [1.165, 1.54) is 0 Å². The molecule has 1 heterocycles. The Balaban J connectivity index is 1.97. The third kappa shape index (κ3) is 2.95. The summed E-state index contributed by atoms with van der Waals surface area (Å²) in [6.07, 6.45) is 1.09. The molecule has 4 nitrogen and oxygen atoms in total. The molecule has 0 radical (unpaired) electrons. The zero-order valence-corrected chi connectivity index (χ0v) is 9.38. The van der Waals surface area contributed by atoms with E-state index < -0.39 is 6.10 Å². The Bertz CT molecular complexity index is 473. The Morgan fingerprint density at radius 3 is 2.65 bits per heavy atom. The molecular formula is C13H15N3O. The third-order valence-corrected chi connectivity index (χ3v) is 2.49. The zero-order chi connectivity index (χ0) is 12.1. The number of anilines is 2. The standard InChI is InChI=1S/C13H15N3O/c14-11-7-4-8-15-13(11)16-9-12(17)10-5-2-1-3-6-10/h1-8,12,17H,9,14H2,(H,15,16). The molecule has 2 aromatic rings. The fraction of sp³-hybridized carbons (Fsp3) is 0.154. The van der Waals surface area contributed by atoms with Gasteiger partial charge in [0.1, 0.15) is 5.82 Å². The maximum atomic E-state index is 9.94. The van der Waals surface area contributed by atoms with Crippen molar-refractivity contribution in [1.82, 2.24) is 4.98 Å². The highest BCUT2D eigenvalue weighted by Crippen LogP contribution is 2.16. The van der Waals surface area contributed by atoms with Crippen molar-refractivity contribution in [3.05, 3.63) is 54.2 Å². The van der Waals surface area contributed by atoms with Crippen molar-refractivity contribution in [2.75, 3.05) is 17.6 Å². The zero-order valence-electron chi connectivity index (χ0n) is 9.38. The number of nitrogens with zero attached hydrogens (tertiary/aromatic N) is 1. The Kier molecular flexibility index (Phi) is 3.57. The van der Waals surface area contributed by atoms with Crippen LogP contribution in [-0.4, -0.2) is 16.6 Å². The lowest BCUT2D eigenvalue weighted by molar-refractivity contribution is 0.191. The number of pyridine rings is 1. The van der Waals surface area contributed by atoms with Crippen LogP contribution in [0.3, 0.4) is 0 Å². The van der Waals surface area contributed by atoms with Crippen molar-refractivity contribution in [2.45, 2.75) is 6.10 Å². The SMILES string of the molecule is Nc1cccnc1NCC(O)c1ccccc1. The summed E-state index contributed by atoms with van der Waals surface area (Å²) in [5, 5.41) is 13.0.